The number of anilines is 1. The van der Waals surface area contributed by atoms with Gasteiger partial charge in [-0.15, -0.1) is 11.3 Å². The van der Waals surface area contributed by atoms with Crippen molar-refractivity contribution in [2.75, 3.05) is 11.9 Å². The number of nitrogens with one attached hydrogen (secondary N) is 3. The van der Waals surface area contributed by atoms with Gasteiger partial charge in [0.15, 0.2) is 0 Å². The third-order valence-corrected chi connectivity index (χ3v) is 6.50. The van der Waals surface area contributed by atoms with Crippen LogP contribution in [0.3, 0.4) is 0 Å². The fourth-order valence-corrected chi connectivity index (χ4v) is 4.85. The number of rotatable bonds is 5. The number of pyridine rings is 1. The van der Waals surface area contributed by atoms with Crippen LogP contribution in [0, 0.1) is 5.41 Å². The van der Waals surface area contributed by atoms with Gasteiger partial charge >= 0.3 is 6.18 Å². The van der Waals surface area contributed by atoms with Crippen molar-refractivity contribution in [3.05, 3.63) is 58.1 Å². The van der Waals surface area contributed by atoms with Crippen LogP contribution in [-0.2, 0) is 23.9 Å². The van der Waals surface area contributed by atoms with Gasteiger partial charge in [0.05, 0.1) is 22.3 Å². The molecule has 4 rings (SSSR count). The minimum atomic E-state index is -4.43. The first-order valence-corrected chi connectivity index (χ1v) is 10.9. The Morgan fingerprint density at radius 3 is 2.88 bits per heavy atom. The fraction of sp³-hybridized carbons (Fsp3) is 0.261. The summed E-state index contributed by atoms with van der Waals surface area (Å²) in [6, 6.07) is 6.03. The van der Waals surface area contributed by atoms with Crippen LogP contribution >= 0.6 is 11.3 Å². The SMILES string of the molecule is C/C(=C/C=N)C(=O)NCc1cc2nccc(-c3cc(C(F)(F)F)cc4c3NCCC4)c2s1. The van der Waals surface area contributed by atoms with Crippen LogP contribution in [0.25, 0.3) is 21.3 Å². The summed E-state index contributed by atoms with van der Waals surface area (Å²) in [4.78, 5) is 17.3. The zero-order valence-corrected chi connectivity index (χ0v) is 18.1. The molecule has 0 fully saturated rings. The van der Waals surface area contributed by atoms with Crippen molar-refractivity contribution in [1.29, 1.82) is 5.41 Å². The lowest BCUT2D eigenvalue weighted by atomic mass is 9.92. The van der Waals surface area contributed by atoms with Gasteiger partial charge in [0.1, 0.15) is 0 Å². The molecule has 5 nitrogen and oxygen atoms in total. The van der Waals surface area contributed by atoms with Crippen molar-refractivity contribution in [2.45, 2.75) is 32.5 Å². The average molecular weight is 459 g/mol. The van der Waals surface area contributed by atoms with E-state index in [0.717, 1.165) is 27.9 Å². The first-order chi connectivity index (χ1) is 15.3. The first-order valence-electron chi connectivity index (χ1n) is 10.1. The largest absolute Gasteiger partial charge is 0.416 e. The maximum atomic E-state index is 13.6. The summed E-state index contributed by atoms with van der Waals surface area (Å²) in [6.07, 6.45) is 1.00. The number of hydrogen-bond acceptors (Lipinski definition) is 5. The molecule has 3 N–H and O–H groups in total. The number of carbonyl (C=O) groups is 1. The summed E-state index contributed by atoms with van der Waals surface area (Å²) < 4.78 is 41.5. The zero-order chi connectivity index (χ0) is 22.9. The van der Waals surface area contributed by atoms with Gasteiger partial charge in [-0.1, -0.05) is 0 Å². The highest BCUT2D eigenvalue weighted by atomic mass is 32.1. The van der Waals surface area contributed by atoms with E-state index in [2.05, 4.69) is 15.6 Å². The van der Waals surface area contributed by atoms with E-state index in [-0.39, 0.29) is 12.5 Å². The van der Waals surface area contributed by atoms with E-state index in [0.29, 0.717) is 40.7 Å². The van der Waals surface area contributed by atoms with E-state index in [1.165, 1.54) is 29.5 Å². The molecule has 1 aliphatic heterocycles. The summed E-state index contributed by atoms with van der Waals surface area (Å²) in [6.45, 7) is 2.60. The number of benzene rings is 1. The normalized spacial score (nSPS) is 14.1. The van der Waals surface area contributed by atoms with Gasteiger partial charge < -0.3 is 16.0 Å². The Hall–Kier alpha value is -3.20. The van der Waals surface area contributed by atoms with Crippen molar-refractivity contribution in [3.63, 3.8) is 0 Å². The Bertz CT molecular complexity index is 1230. The van der Waals surface area contributed by atoms with Crippen LogP contribution in [0.4, 0.5) is 18.9 Å². The van der Waals surface area contributed by atoms with Crippen LogP contribution in [-0.4, -0.2) is 23.7 Å². The molecule has 0 radical (unpaired) electrons. The lowest BCUT2D eigenvalue weighted by Gasteiger charge is -2.23. The Labute approximate surface area is 186 Å². The Morgan fingerprint density at radius 2 is 2.12 bits per heavy atom. The molecule has 1 aromatic carbocycles. The summed E-state index contributed by atoms with van der Waals surface area (Å²) in [7, 11) is 0. The number of thiophene rings is 1. The number of hydrogen-bond donors (Lipinski definition) is 3. The molecule has 0 unspecified atom stereocenters. The number of aryl methyl sites for hydroxylation is 1. The molecular weight excluding hydrogens is 437 g/mol. The lowest BCUT2D eigenvalue weighted by molar-refractivity contribution is -0.137. The van der Waals surface area contributed by atoms with E-state index in [4.69, 9.17) is 5.41 Å². The maximum absolute atomic E-state index is 13.6. The Balaban J connectivity index is 1.75. The second-order valence-corrected chi connectivity index (χ2v) is 8.71. The number of halogens is 3. The number of carbonyl (C=O) groups excluding carboxylic acids is 1. The third kappa shape index (κ3) is 4.38. The van der Waals surface area contributed by atoms with E-state index in [9.17, 15) is 18.0 Å². The van der Waals surface area contributed by atoms with Crippen LogP contribution in [0.1, 0.15) is 29.3 Å². The van der Waals surface area contributed by atoms with Gasteiger partial charge in [-0.3, -0.25) is 9.78 Å². The van der Waals surface area contributed by atoms with Crippen LogP contribution in [0.5, 0.6) is 0 Å². The van der Waals surface area contributed by atoms with Crippen molar-refractivity contribution in [1.82, 2.24) is 10.3 Å². The number of nitrogens with zero attached hydrogens (tertiary/aromatic N) is 1. The summed E-state index contributed by atoms with van der Waals surface area (Å²) >= 11 is 1.40. The van der Waals surface area contributed by atoms with Crippen molar-refractivity contribution >= 4 is 39.4 Å². The second kappa shape index (κ2) is 8.74. The number of aromatic nitrogens is 1. The van der Waals surface area contributed by atoms with E-state index in [1.807, 2.05) is 6.07 Å². The molecule has 1 amide bonds. The van der Waals surface area contributed by atoms with Gasteiger partial charge in [0, 0.05) is 46.2 Å². The summed E-state index contributed by atoms with van der Waals surface area (Å²) in [5, 5.41) is 13.1. The van der Waals surface area contributed by atoms with E-state index in [1.54, 1.807) is 19.2 Å². The molecule has 1 aliphatic rings. The molecule has 166 valence electrons. The smallest absolute Gasteiger partial charge is 0.384 e. The van der Waals surface area contributed by atoms with Gasteiger partial charge in [0.2, 0.25) is 5.91 Å². The first kappa shape index (κ1) is 22.0. The minimum absolute atomic E-state index is 0.265. The highest BCUT2D eigenvalue weighted by molar-refractivity contribution is 7.19. The zero-order valence-electron chi connectivity index (χ0n) is 17.3. The number of alkyl halides is 3. The molecule has 0 spiro atoms. The standard InChI is InChI=1S/C23H21F3N4OS/c1-13(4-6-27)22(31)30-12-16-11-19-21(32-16)17(5-8-28-19)18-10-15(23(24,25)26)9-14-3-2-7-29-20(14)18/h4-6,8-11,27,29H,2-3,7,12H2,1H3,(H,30,31)/b13-4-,27-6?. The van der Waals surface area contributed by atoms with Crippen LogP contribution in [0.2, 0.25) is 0 Å². The molecule has 0 saturated carbocycles. The molecule has 0 saturated heterocycles. The van der Waals surface area contributed by atoms with E-state index >= 15 is 0 Å². The minimum Gasteiger partial charge on any atom is -0.384 e. The van der Waals surface area contributed by atoms with Crippen molar-refractivity contribution in [2.24, 2.45) is 0 Å². The summed E-state index contributed by atoms with van der Waals surface area (Å²) in [5.41, 5.74) is 3.05. The number of allylic oxidation sites excluding steroid dienone is 1. The predicted octanol–water partition coefficient (Wildman–Crippen LogP) is 5.55. The van der Waals surface area contributed by atoms with Gasteiger partial charge in [-0.25, -0.2) is 0 Å². The molecule has 9 heteroatoms. The fourth-order valence-electron chi connectivity index (χ4n) is 3.77. The van der Waals surface area contributed by atoms with Gasteiger partial charge in [-0.05, 0) is 55.7 Å². The number of amides is 1. The third-order valence-electron chi connectivity index (χ3n) is 5.34. The highest BCUT2D eigenvalue weighted by Gasteiger charge is 2.33. The summed E-state index contributed by atoms with van der Waals surface area (Å²) in [5.74, 6) is -0.282. The molecule has 0 atom stereocenters. The van der Waals surface area contributed by atoms with E-state index < -0.39 is 11.7 Å². The molecule has 0 bridgehead atoms. The van der Waals surface area contributed by atoms with Gasteiger partial charge in [0.25, 0.3) is 0 Å². The Morgan fingerprint density at radius 1 is 1.31 bits per heavy atom. The molecule has 3 heterocycles. The number of fused-ring (bicyclic) bond motifs is 2. The monoisotopic (exact) mass is 458 g/mol. The topological polar surface area (TPSA) is 77.9 Å². The maximum Gasteiger partial charge on any atom is 0.416 e. The van der Waals surface area contributed by atoms with Crippen LogP contribution < -0.4 is 10.6 Å². The predicted molar refractivity (Wildman–Crippen MR) is 121 cm³/mol. The van der Waals surface area contributed by atoms with Crippen LogP contribution in [0.15, 0.2) is 42.1 Å². The average Bonchev–Trinajstić information content (AvgIpc) is 3.19. The second-order valence-electron chi connectivity index (χ2n) is 7.57. The molecule has 0 aliphatic carbocycles. The molecular formula is C23H21F3N4OS. The van der Waals surface area contributed by atoms with Gasteiger partial charge in [-0.2, -0.15) is 13.2 Å². The Kier molecular flexibility index (Phi) is 6.01. The lowest BCUT2D eigenvalue weighted by Crippen LogP contribution is -2.23. The quantitative estimate of drug-likeness (QED) is 0.346. The molecule has 2 aromatic heterocycles. The van der Waals surface area contributed by atoms with Crippen molar-refractivity contribution < 1.29 is 18.0 Å². The highest BCUT2D eigenvalue weighted by Crippen LogP contribution is 2.43. The molecule has 3 aromatic rings. The van der Waals surface area contributed by atoms with Crippen molar-refractivity contribution in [3.8, 4) is 11.1 Å². The molecule has 32 heavy (non-hydrogen) atoms.